The molecule has 0 aliphatic heterocycles. The zero-order chi connectivity index (χ0) is 2.71. The van der Waals surface area contributed by atoms with Gasteiger partial charge in [0.05, 0.1) is 0 Å². The van der Waals surface area contributed by atoms with Gasteiger partial charge in [0.25, 0.3) is 0 Å². The zero-order valence-corrected chi connectivity index (χ0v) is 4.29. The van der Waals surface area contributed by atoms with Gasteiger partial charge in [-0.3, -0.25) is 0 Å². The van der Waals surface area contributed by atoms with E-state index in [0.29, 0.717) is 0 Å². The quantitative estimate of drug-likeness (QED) is 0.287. The predicted octanol–water partition coefficient (Wildman–Crippen LogP) is -0.598. The van der Waals surface area contributed by atoms with Gasteiger partial charge in [-0.05, 0) is 0 Å². The summed E-state index contributed by atoms with van der Waals surface area (Å²) in [5, 5.41) is 0. The van der Waals surface area contributed by atoms with Gasteiger partial charge in [0.2, 0.25) is 0 Å². The average Bonchev–Trinajstić information content (AvgIpc) is 0.918. The van der Waals surface area contributed by atoms with Crippen LogP contribution in [0.3, 0.4) is 0 Å². The Morgan fingerprint density at radius 1 is 1.75 bits per heavy atom. The van der Waals surface area contributed by atoms with Gasteiger partial charge in [-0.15, -0.1) is 0 Å². The van der Waals surface area contributed by atoms with Crippen molar-refractivity contribution in [3.63, 3.8) is 0 Å². The molecule has 0 heterocycles. The van der Waals surface area contributed by atoms with Crippen molar-refractivity contribution in [2.24, 2.45) is 0 Å². The minimum Gasteiger partial charge on any atom is -0.308 e. The van der Waals surface area contributed by atoms with Crippen molar-refractivity contribution in [3.05, 3.63) is 0 Å². The maximum atomic E-state index is 8.46. The van der Waals surface area contributed by atoms with Gasteiger partial charge in [-0.1, -0.05) is 0 Å². The summed E-state index contributed by atoms with van der Waals surface area (Å²) in [6.45, 7) is 0. The van der Waals surface area contributed by atoms with Crippen molar-refractivity contribution in [2.45, 2.75) is 0 Å². The van der Waals surface area contributed by atoms with Crippen LogP contribution in [0.1, 0.15) is 0 Å². The molecule has 4 heavy (non-hydrogen) atoms. The molecule has 1 N–H and O–H groups in total. The van der Waals surface area contributed by atoms with E-state index in [9.17, 15) is 0 Å². The molecule has 28 valence electrons. The molecule has 0 radical (unpaired) electrons. The van der Waals surface area contributed by atoms with Crippen LogP contribution < -0.4 is 0 Å². The molecule has 4 heteroatoms. The van der Waals surface area contributed by atoms with Crippen LogP contribution in [0.5, 0.6) is 0 Å². The van der Waals surface area contributed by atoms with E-state index in [0.717, 1.165) is 0 Å². The summed E-state index contributed by atoms with van der Waals surface area (Å²) < 4.78 is 15.4. The first-order valence-electron chi connectivity index (χ1n) is 0.383. The van der Waals surface area contributed by atoms with Gasteiger partial charge in [-0.25, -0.2) is 4.21 Å². The minimum atomic E-state index is -0.833. The van der Waals surface area contributed by atoms with Crippen LogP contribution in [-0.2, 0) is 31.4 Å². The first kappa shape index (κ1) is 8.83. The summed E-state index contributed by atoms with van der Waals surface area (Å²) in [6.07, 6.45) is 0. The van der Waals surface area contributed by atoms with Crippen molar-refractivity contribution >= 4 is 11.9 Å². The standard InChI is InChI=1S/H2O2S.Ru/c1-3-2;/h3H,(H,1,2);. The van der Waals surface area contributed by atoms with E-state index in [1.54, 1.807) is 0 Å². The van der Waals surface area contributed by atoms with Gasteiger partial charge >= 0.3 is 0 Å². The summed E-state index contributed by atoms with van der Waals surface area (Å²) >= 11 is -0.833. The fourth-order valence-electron chi connectivity index (χ4n) is 0. The van der Waals surface area contributed by atoms with Crippen molar-refractivity contribution in [1.29, 1.82) is 0 Å². The van der Waals surface area contributed by atoms with Crippen LogP contribution >= 0.6 is 0 Å². The number of thiol groups is 1. The Hall–Kier alpha value is 0.733. The molecule has 0 aromatic heterocycles. The second-order valence-electron chi connectivity index (χ2n) is 0.0816. The Balaban J connectivity index is 0. The molecular formula is H2O2RuS. The summed E-state index contributed by atoms with van der Waals surface area (Å²) in [5.41, 5.74) is 0. The van der Waals surface area contributed by atoms with Crippen LogP contribution in [0.2, 0.25) is 0 Å². The van der Waals surface area contributed by atoms with Gasteiger partial charge in [0.1, 0.15) is 11.9 Å². The maximum Gasteiger partial charge on any atom is 0.139 e. The average molecular weight is 167 g/mol. The Bertz CT molecular complexity index is 13.5. The van der Waals surface area contributed by atoms with Gasteiger partial charge in [0, 0.05) is 19.5 Å². The molecule has 0 bridgehead atoms. The molecule has 0 aromatic rings. The number of hydrogen-bond acceptors (Lipinski definition) is 1. The second-order valence-corrected chi connectivity index (χ2v) is 0.245. The fourth-order valence-corrected chi connectivity index (χ4v) is 0. The van der Waals surface area contributed by atoms with Crippen LogP contribution in [0, 0.1) is 0 Å². The number of rotatable bonds is 0. The van der Waals surface area contributed by atoms with E-state index in [-0.39, 0.29) is 19.5 Å². The van der Waals surface area contributed by atoms with E-state index in [2.05, 4.69) is 0 Å². The second kappa shape index (κ2) is 9.28. The molecule has 0 unspecified atom stereocenters. The molecule has 0 amide bonds. The molecule has 2 nitrogen and oxygen atoms in total. The Morgan fingerprint density at radius 3 is 1.75 bits per heavy atom. The molecule has 0 atom stereocenters. The van der Waals surface area contributed by atoms with Crippen molar-refractivity contribution in [1.82, 2.24) is 0 Å². The zero-order valence-electron chi connectivity index (χ0n) is 1.66. The van der Waals surface area contributed by atoms with Crippen molar-refractivity contribution in [3.8, 4) is 0 Å². The smallest absolute Gasteiger partial charge is 0.139 e. The van der Waals surface area contributed by atoms with E-state index in [4.69, 9.17) is 8.76 Å². The first-order valence-corrected chi connectivity index (χ1v) is 1.15. The van der Waals surface area contributed by atoms with Gasteiger partial charge in [0.15, 0.2) is 0 Å². The van der Waals surface area contributed by atoms with Crippen molar-refractivity contribution < 1.29 is 28.2 Å². The fraction of sp³-hybridized carbons (Fsp3) is 0. The Kier molecular flexibility index (Phi) is 20.5. The molecular weight excluding hydrogens is 165 g/mol. The predicted molar refractivity (Wildman–Crippen MR) is 12.2 cm³/mol. The molecule has 0 saturated carbocycles. The van der Waals surface area contributed by atoms with Crippen molar-refractivity contribution in [2.75, 3.05) is 0 Å². The number of hydrogen-bond donors (Lipinski definition) is 2. The third kappa shape index (κ3) is 15.3. The molecule has 0 aliphatic carbocycles. The van der Waals surface area contributed by atoms with Gasteiger partial charge < -0.3 is 4.55 Å². The SMILES string of the molecule is O=[SH]O.[Ru]. The van der Waals surface area contributed by atoms with Crippen LogP contribution in [0.4, 0.5) is 0 Å². The normalized spacial score (nSPS) is 4.25. The van der Waals surface area contributed by atoms with Crippen LogP contribution in [0.15, 0.2) is 0 Å². The minimum absolute atomic E-state index is 0. The summed E-state index contributed by atoms with van der Waals surface area (Å²) in [6, 6.07) is 0. The Morgan fingerprint density at radius 2 is 1.75 bits per heavy atom. The van der Waals surface area contributed by atoms with Crippen LogP contribution in [0.25, 0.3) is 0 Å². The van der Waals surface area contributed by atoms with E-state index in [1.165, 1.54) is 0 Å². The van der Waals surface area contributed by atoms with Gasteiger partial charge in [-0.2, -0.15) is 0 Å². The molecule has 0 aliphatic rings. The van der Waals surface area contributed by atoms with E-state index in [1.807, 2.05) is 0 Å². The third-order valence-corrected chi connectivity index (χ3v) is 0. The first-order chi connectivity index (χ1) is 1.41. The summed E-state index contributed by atoms with van der Waals surface area (Å²) in [4.78, 5) is 0. The molecule has 0 rings (SSSR count). The summed E-state index contributed by atoms with van der Waals surface area (Å²) in [5.74, 6) is 0. The topological polar surface area (TPSA) is 37.3 Å². The molecule has 0 aromatic carbocycles. The third-order valence-electron chi connectivity index (χ3n) is 0. The Labute approximate surface area is 40.7 Å². The molecule has 0 fully saturated rings. The molecule has 0 spiro atoms. The molecule has 0 saturated heterocycles. The largest absolute Gasteiger partial charge is 0.308 e. The monoisotopic (exact) mass is 168 g/mol. The maximum absolute atomic E-state index is 8.46. The van der Waals surface area contributed by atoms with Crippen LogP contribution in [-0.4, -0.2) is 8.76 Å². The summed E-state index contributed by atoms with van der Waals surface area (Å²) in [7, 11) is 0. The van der Waals surface area contributed by atoms with E-state index < -0.39 is 11.9 Å². The van der Waals surface area contributed by atoms with E-state index >= 15 is 0 Å².